The van der Waals surface area contributed by atoms with E-state index in [1.165, 1.54) is 18.3 Å². The molecule has 0 spiro atoms. The highest BCUT2D eigenvalue weighted by molar-refractivity contribution is 5.82. The summed E-state index contributed by atoms with van der Waals surface area (Å²) in [5, 5.41) is 11.5. The highest BCUT2D eigenvalue weighted by Gasteiger charge is 2.01. The Bertz CT molecular complexity index is 538. The van der Waals surface area contributed by atoms with E-state index in [9.17, 15) is 4.39 Å². The van der Waals surface area contributed by atoms with Crippen LogP contribution in [0.2, 0.25) is 0 Å². The van der Waals surface area contributed by atoms with Crippen molar-refractivity contribution in [3.05, 3.63) is 65.5 Å². The minimum absolute atomic E-state index is 0.272. The summed E-state index contributed by atoms with van der Waals surface area (Å²) in [5.74, 6) is 0.339. The molecule has 92 valence electrons. The Balaban J connectivity index is 2.08. The Kier molecular flexibility index (Phi) is 3.91. The number of nitrogens with zero attached hydrogens (tertiary/aromatic N) is 1. The Hall–Kier alpha value is -2.36. The van der Waals surface area contributed by atoms with Crippen LogP contribution in [0.4, 0.5) is 4.39 Å². The molecule has 0 saturated carbocycles. The molecule has 2 rings (SSSR count). The molecule has 0 aromatic heterocycles. The van der Waals surface area contributed by atoms with Gasteiger partial charge in [-0.15, -0.1) is 0 Å². The van der Waals surface area contributed by atoms with Crippen molar-refractivity contribution in [2.24, 2.45) is 5.16 Å². The van der Waals surface area contributed by atoms with Crippen LogP contribution in [0.25, 0.3) is 0 Å². The van der Waals surface area contributed by atoms with Crippen LogP contribution in [0.1, 0.15) is 11.1 Å². The molecule has 0 aliphatic heterocycles. The summed E-state index contributed by atoms with van der Waals surface area (Å²) in [5.41, 5.74) is 1.55. The maximum absolute atomic E-state index is 12.7. The van der Waals surface area contributed by atoms with Gasteiger partial charge in [0.1, 0.15) is 18.2 Å². The fourth-order valence-corrected chi connectivity index (χ4v) is 1.52. The molecule has 18 heavy (non-hydrogen) atoms. The van der Waals surface area contributed by atoms with Gasteiger partial charge in [-0.1, -0.05) is 29.4 Å². The van der Waals surface area contributed by atoms with Crippen LogP contribution in [0.15, 0.2) is 53.7 Å². The molecule has 0 heterocycles. The Morgan fingerprint density at radius 2 is 1.83 bits per heavy atom. The molecule has 1 N–H and O–H groups in total. The molecule has 0 saturated heterocycles. The van der Waals surface area contributed by atoms with Gasteiger partial charge in [0.15, 0.2) is 0 Å². The van der Waals surface area contributed by atoms with Crippen molar-refractivity contribution in [3.8, 4) is 5.75 Å². The van der Waals surface area contributed by atoms with Gasteiger partial charge >= 0.3 is 0 Å². The van der Waals surface area contributed by atoms with Crippen molar-refractivity contribution in [2.75, 3.05) is 0 Å². The molecular formula is C14H12FNO2. The maximum atomic E-state index is 12.7. The molecule has 0 atom stereocenters. The normalized spacial score (nSPS) is 10.7. The molecule has 2 aromatic rings. The van der Waals surface area contributed by atoms with Crippen molar-refractivity contribution >= 4 is 6.21 Å². The van der Waals surface area contributed by atoms with Crippen molar-refractivity contribution < 1.29 is 14.3 Å². The monoisotopic (exact) mass is 245 g/mol. The van der Waals surface area contributed by atoms with Crippen LogP contribution < -0.4 is 4.74 Å². The van der Waals surface area contributed by atoms with E-state index in [1.807, 2.05) is 12.1 Å². The number of rotatable bonds is 4. The minimum Gasteiger partial charge on any atom is -0.488 e. The Morgan fingerprint density at radius 3 is 2.56 bits per heavy atom. The summed E-state index contributed by atoms with van der Waals surface area (Å²) in [6.07, 6.45) is 1.31. The van der Waals surface area contributed by atoms with E-state index in [2.05, 4.69) is 5.16 Å². The van der Waals surface area contributed by atoms with Gasteiger partial charge in [-0.3, -0.25) is 0 Å². The second kappa shape index (κ2) is 5.82. The van der Waals surface area contributed by atoms with Crippen LogP contribution in [-0.2, 0) is 6.61 Å². The van der Waals surface area contributed by atoms with Crippen LogP contribution >= 0.6 is 0 Å². The largest absolute Gasteiger partial charge is 0.488 e. The number of para-hydroxylation sites is 1. The number of hydrogen-bond acceptors (Lipinski definition) is 3. The van der Waals surface area contributed by atoms with Crippen LogP contribution in [0.3, 0.4) is 0 Å². The lowest BCUT2D eigenvalue weighted by Crippen LogP contribution is -1.98. The highest BCUT2D eigenvalue weighted by atomic mass is 19.1. The molecule has 0 bridgehead atoms. The lowest BCUT2D eigenvalue weighted by Gasteiger charge is -2.08. The summed E-state index contributed by atoms with van der Waals surface area (Å²) in [6.45, 7) is 0.330. The topological polar surface area (TPSA) is 41.8 Å². The maximum Gasteiger partial charge on any atom is 0.128 e. The van der Waals surface area contributed by atoms with Crippen LogP contribution in [-0.4, -0.2) is 11.4 Å². The standard InChI is InChI=1S/C14H12FNO2/c15-13-7-5-11(6-8-13)10-18-14-4-2-1-3-12(14)9-16-17/h1-9,17H,10H2/b16-9-. The first-order chi connectivity index (χ1) is 8.79. The third kappa shape index (κ3) is 3.07. The summed E-state index contributed by atoms with van der Waals surface area (Å²) in [6, 6.07) is 13.3. The SMILES string of the molecule is O/N=C\c1ccccc1OCc1ccc(F)cc1. The average molecular weight is 245 g/mol. The van der Waals surface area contributed by atoms with E-state index in [4.69, 9.17) is 9.94 Å². The summed E-state index contributed by atoms with van der Waals surface area (Å²) in [4.78, 5) is 0. The van der Waals surface area contributed by atoms with E-state index in [1.54, 1.807) is 24.3 Å². The lowest BCUT2D eigenvalue weighted by molar-refractivity contribution is 0.304. The number of hydrogen-bond donors (Lipinski definition) is 1. The van der Waals surface area contributed by atoms with Gasteiger partial charge in [0, 0.05) is 5.56 Å². The lowest BCUT2D eigenvalue weighted by atomic mass is 10.2. The van der Waals surface area contributed by atoms with E-state index in [0.29, 0.717) is 17.9 Å². The molecule has 4 heteroatoms. The van der Waals surface area contributed by atoms with Gasteiger partial charge < -0.3 is 9.94 Å². The summed E-state index contributed by atoms with van der Waals surface area (Å²) in [7, 11) is 0. The van der Waals surface area contributed by atoms with Gasteiger partial charge in [0.05, 0.1) is 6.21 Å². The first-order valence-corrected chi connectivity index (χ1v) is 5.43. The van der Waals surface area contributed by atoms with E-state index in [-0.39, 0.29) is 5.82 Å². The molecular weight excluding hydrogens is 233 g/mol. The van der Waals surface area contributed by atoms with E-state index < -0.39 is 0 Å². The summed E-state index contributed by atoms with van der Waals surface area (Å²) >= 11 is 0. The second-order valence-corrected chi connectivity index (χ2v) is 3.70. The Labute approximate surface area is 104 Å². The fourth-order valence-electron chi connectivity index (χ4n) is 1.52. The zero-order chi connectivity index (χ0) is 12.8. The number of oxime groups is 1. The highest BCUT2D eigenvalue weighted by Crippen LogP contribution is 2.17. The predicted octanol–water partition coefficient (Wildman–Crippen LogP) is 3.21. The third-order valence-electron chi connectivity index (χ3n) is 2.42. The van der Waals surface area contributed by atoms with Crippen LogP contribution in [0, 0.1) is 5.82 Å². The molecule has 0 radical (unpaired) electrons. The first-order valence-electron chi connectivity index (χ1n) is 5.43. The van der Waals surface area contributed by atoms with E-state index in [0.717, 1.165) is 5.56 Å². The zero-order valence-electron chi connectivity index (χ0n) is 9.58. The minimum atomic E-state index is -0.272. The average Bonchev–Trinajstić information content (AvgIpc) is 2.40. The second-order valence-electron chi connectivity index (χ2n) is 3.70. The van der Waals surface area contributed by atoms with Gasteiger partial charge in [-0.05, 0) is 29.8 Å². The molecule has 0 unspecified atom stereocenters. The molecule has 0 fully saturated rings. The molecule has 0 amide bonds. The fraction of sp³-hybridized carbons (Fsp3) is 0.0714. The third-order valence-corrected chi connectivity index (χ3v) is 2.42. The first kappa shape index (κ1) is 12.1. The quantitative estimate of drug-likeness (QED) is 0.510. The van der Waals surface area contributed by atoms with Crippen molar-refractivity contribution in [1.82, 2.24) is 0 Å². The molecule has 3 nitrogen and oxygen atoms in total. The zero-order valence-corrected chi connectivity index (χ0v) is 9.58. The molecule has 2 aromatic carbocycles. The number of benzene rings is 2. The van der Waals surface area contributed by atoms with Crippen molar-refractivity contribution in [1.29, 1.82) is 0 Å². The predicted molar refractivity (Wildman–Crippen MR) is 66.6 cm³/mol. The number of halogens is 1. The van der Waals surface area contributed by atoms with Gasteiger partial charge in [0.25, 0.3) is 0 Å². The molecule has 0 aliphatic rings. The Morgan fingerprint density at radius 1 is 1.11 bits per heavy atom. The van der Waals surface area contributed by atoms with Gasteiger partial charge in [0.2, 0.25) is 0 Å². The van der Waals surface area contributed by atoms with Gasteiger partial charge in [-0.25, -0.2) is 4.39 Å². The smallest absolute Gasteiger partial charge is 0.128 e. The molecule has 0 aliphatic carbocycles. The van der Waals surface area contributed by atoms with Crippen molar-refractivity contribution in [2.45, 2.75) is 6.61 Å². The number of ether oxygens (including phenoxy) is 1. The van der Waals surface area contributed by atoms with Crippen molar-refractivity contribution in [3.63, 3.8) is 0 Å². The summed E-state index contributed by atoms with van der Waals surface area (Å²) < 4.78 is 18.3. The van der Waals surface area contributed by atoms with Crippen LogP contribution in [0.5, 0.6) is 5.75 Å². The van der Waals surface area contributed by atoms with Gasteiger partial charge in [-0.2, -0.15) is 0 Å². The van der Waals surface area contributed by atoms with E-state index >= 15 is 0 Å².